The zero-order valence-electron chi connectivity index (χ0n) is 13.1. The molecule has 0 aliphatic rings. The molecule has 1 amide bonds. The minimum atomic E-state index is 0.00489. The van der Waals surface area contributed by atoms with Crippen molar-refractivity contribution in [3.8, 4) is 5.69 Å². The number of hydrogen-bond acceptors (Lipinski definition) is 5. The number of thioether (sulfide) groups is 1. The van der Waals surface area contributed by atoms with Crippen LogP contribution in [0.3, 0.4) is 0 Å². The van der Waals surface area contributed by atoms with Crippen molar-refractivity contribution in [1.29, 1.82) is 0 Å². The van der Waals surface area contributed by atoms with Gasteiger partial charge in [0, 0.05) is 6.04 Å². The summed E-state index contributed by atoms with van der Waals surface area (Å²) >= 11 is 1.34. The summed E-state index contributed by atoms with van der Waals surface area (Å²) in [5.74, 6) is 0.311. The van der Waals surface area contributed by atoms with Crippen LogP contribution in [0.4, 0.5) is 0 Å². The van der Waals surface area contributed by atoms with Crippen molar-refractivity contribution >= 4 is 17.7 Å². The van der Waals surface area contributed by atoms with E-state index >= 15 is 0 Å². The van der Waals surface area contributed by atoms with Gasteiger partial charge in [0.2, 0.25) is 11.1 Å². The van der Waals surface area contributed by atoms with E-state index in [0.29, 0.717) is 10.9 Å². The number of carbonyl (C=O) groups is 1. The lowest BCUT2D eigenvalue weighted by Crippen LogP contribution is -2.33. The second-order valence-corrected chi connectivity index (χ2v) is 6.15. The van der Waals surface area contributed by atoms with Crippen molar-refractivity contribution in [2.75, 3.05) is 5.75 Å². The van der Waals surface area contributed by atoms with E-state index in [1.807, 2.05) is 38.1 Å². The Labute approximate surface area is 134 Å². The zero-order chi connectivity index (χ0) is 15.9. The lowest BCUT2D eigenvalue weighted by molar-refractivity contribution is -0.119. The maximum absolute atomic E-state index is 11.9. The van der Waals surface area contributed by atoms with E-state index in [0.717, 1.165) is 24.1 Å². The predicted molar refractivity (Wildman–Crippen MR) is 87.1 cm³/mol. The molecule has 22 heavy (non-hydrogen) atoms. The summed E-state index contributed by atoms with van der Waals surface area (Å²) in [5, 5.41) is 15.3. The molecule has 118 valence electrons. The molecule has 0 bridgehead atoms. The molecule has 0 aliphatic carbocycles. The molecule has 0 radical (unpaired) electrons. The molecule has 1 aromatic carbocycles. The first-order valence-electron chi connectivity index (χ1n) is 7.38. The maximum Gasteiger partial charge on any atom is 0.230 e. The molecule has 2 aromatic rings. The van der Waals surface area contributed by atoms with Crippen LogP contribution >= 0.6 is 11.8 Å². The van der Waals surface area contributed by atoms with Gasteiger partial charge in [-0.15, -0.1) is 5.10 Å². The van der Waals surface area contributed by atoms with Gasteiger partial charge in [0.05, 0.1) is 11.4 Å². The molecule has 1 N–H and O–H groups in total. The highest BCUT2D eigenvalue weighted by Crippen LogP contribution is 2.20. The summed E-state index contributed by atoms with van der Waals surface area (Å²) in [6.45, 7) is 6.13. The molecule has 0 spiro atoms. The second-order valence-electron chi connectivity index (χ2n) is 5.21. The van der Waals surface area contributed by atoms with Crippen molar-refractivity contribution in [2.45, 2.75) is 44.8 Å². The molecular formula is C15H21N5OS. The fourth-order valence-corrected chi connectivity index (χ4v) is 2.87. The van der Waals surface area contributed by atoms with E-state index in [9.17, 15) is 4.79 Å². The third-order valence-corrected chi connectivity index (χ3v) is 4.17. The first-order chi connectivity index (χ1) is 10.6. The van der Waals surface area contributed by atoms with Crippen LogP contribution in [0.5, 0.6) is 0 Å². The Balaban J connectivity index is 1.99. The number of rotatable bonds is 7. The van der Waals surface area contributed by atoms with Crippen LogP contribution in [0, 0.1) is 6.92 Å². The van der Waals surface area contributed by atoms with E-state index in [-0.39, 0.29) is 11.9 Å². The Bertz CT molecular complexity index is 628. The third-order valence-electron chi connectivity index (χ3n) is 3.25. The van der Waals surface area contributed by atoms with E-state index in [4.69, 9.17) is 0 Å². The van der Waals surface area contributed by atoms with Crippen LogP contribution in [0.2, 0.25) is 0 Å². The molecule has 0 saturated heterocycles. The number of hydrogen-bond donors (Lipinski definition) is 1. The first-order valence-corrected chi connectivity index (χ1v) is 8.37. The Morgan fingerprint density at radius 1 is 1.41 bits per heavy atom. The zero-order valence-corrected chi connectivity index (χ0v) is 13.9. The van der Waals surface area contributed by atoms with E-state index in [1.54, 1.807) is 4.68 Å². The van der Waals surface area contributed by atoms with Gasteiger partial charge in [-0.2, -0.15) is 4.68 Å². The molecule has 0 fully saturated rings. The summed E-state index contributed by atoms with van der Waals surface area (Å²) in [6, 6.07) is 8.07. The normalized spacial score (nSPS) is 12.1. The lowest BCUT2D eigenvalue weighted by atomic mass is 10.2. The quantitative estimate of drug-likeness (QED) is 0.793. The highest BCUT2D eigenvalue weighted by Gasteiger charge is 2.13. The van der Waals surface area contributed by atoms with Crippen LogP contribution in [0.15, 0.2) is 29.4 Å². The monoisotopic (exact) mass is 319 g/mol. The number of aromatic nitrogens is 4. The molecule has 1 atom stereocenters. The van der Waals surface area contributed by atoms with Crippen molar-refractivity contribution in [2.24, 2.45) is 0 Å². The average Bonchev–Trinajstić information content (AvgIpc) is 2.94. The lowest BCUT2D eigenvalue weighted by Gasteiger charge is -2.12. The van der Waals surface area contributed by atoms with Gasteiger partial charge in [-0.1, -0.05) is 43.3 Å². The van der Waals surface area contributed by atoms with Gasteiger partial charge in [-0.05, 0) is 42.3 Å². The molecule has 0 saturated carbocycles. The largest absolute Gasteiger partial charge is 0.353 e. The van der Waals surface area contributed by atoms with E-state index < -0.39 is 0 Å². The van der Waals surface area contributed by atoms with Crippen LogP contribution < -0.4 is 5.32 Å². The van der Waals surface area contributed by atoms with Crippen LogP contribution in [-0.4, -0.2) is 37.9 Å². The van der Waals surface area contributed by atoms with Crippen molar-refractivity contribution in [3.63, 3.8) is 0 Å². The number of tetrazole rings is 1. The predicted octanol–water partition coefficient (Wildman–Crippen LogP) is 2.37. The van der Waals surface area contributed by atoms with E-state index in [2.05, 4.69) is 27.8 Å². The van der Waals surface area contributed by atoms with Gasteiger partial charge in [0.25, 0.3) is 0 Å². The summed E-state index contributed by atoms with van der Waals surface area (Å²) in [6.07, 6.45) is 2.04. The Kier molecular flexibility index (Phi) is 5.94. The summed E-state index contributed by atoms with van der Waals surface area (Å²) in [4.78, 5) is 11.9. The van der Waals surface area contributed by atoms with Gasteiger partial charge in [-0.25, -0.2) is 0 Å². The number of para-hydroxylation sites is 1. The SMILES string of the molecule is CCCC(C)NC(=O)CSc1nnnn1-c1ccccc1C. The summed E-state index contributed by atoms with van der Waals surface area (Å²) in [7, 11) is 0. The summed E-state index contributed by atoms with van der Waals surface area (Å²) < 4.78 is 1.67. The number of carbonyl (C=O) groups excluding carboxylic acids is 1. The number of nitrogens with zero attached hydrogens (tertiary/aromatic N) is 4. The van der Waals surface area contributed by atoms with Crippen LogP contribution in [0.1, 0.15) is 32.3 Å². The fourth-order valence-electron chi connectivity index (χ4n) is 2.17. The molecule has 1 unspecified atom stereocenters. The summed E-state index contributed by atoms with van der Waals surface area (Å²) in [5.41, 5.74) is 2.01. The van der Waals surface area contributed by atoms with Crippen LogP contribution in [-0.2, 0) is 4.79 Å². The fraction of sp³-hybridized carbons (Fsp3) is 0.467. The molecule has 1 aromatic heterocycles. The molecule has 1 heterocycles. The number of amides is 1. The second kappa shape index (κ2) is 7.93. The highest BCUT2D eigenvalue weighted by molar-refractivity contribution is 7.99. The topological polar surface area (TPSA) is 72.7 Å². The Hall–Kier alpha value is -1.89. The first kappa shape index (κ1) is 16.5. The molecule has 2 rings (SSSR count). The van der Waals surface area contributed by atoms with Crippen molar-refractivity contribution < 1.29 is 4.79 Å². The molecule has 6 nitrogen and oxygen atoms in total. The van der Waals surface area contributed by atoms with Crippen molar-refractivity contribution in [3.05, 3.63) is 29.8 Å². The van der Waals surface area contributed by atoms with Crippen molar-refractivity contribution in [1.82, 2.24) is 25.5 Å². The maximum atomic E-state index is 11.9. The van der Waals surface area contributed by atoms with E-state index in [1.165, 1.54) is 11.8 Å². The number of nitrogens with one attached hydrogen (secondary N) is 1. The Morgan fingerprint density at radius 3 is 2.91 bits per heavy atom. The number of aryl methyl sites for hydroxylation is 1. The Morgan fingerprint density at radius 2 is 2.18 bits per heavy atom. The molecule has 7 heteroatoms. The molecular weight excluding hydrogens is 298 g/mol. The standard InChI is InChI=1S/C15H21N5OS/c1-4-7-12(3)16-14(21)10-22-15-17-18-19-20(15)13-9-6-5-8-11(13)2/h5-6,8-9,12H,4,7,10H2,1-3H3,(H,16,21). The minimum absolute atomic E-state index is 0.00489. The minimum Gasteiger partial charge on any atom is -0.353 e. The van der Waals surface area contributed by atoms with Gasteiger partial charge >= 0.3 is 0 Å². The molecule has 0 aliphatic heterocycles. The van der Waals surface area contributed by atoms with Crippen LogP contribution in [0.25, 0.3) is 5.69 Å². The average molecular weight is 319 g/mol. The smallest absolute Gasteiger partial charge is 0.230 e. The van der Waals surface area contributed by atoms with Gasteiger partial charge in [-0.3, -0.25) is 4.79 Å². The van der Waals surface area contributed by atoms with Gasteiger partial charge in [0.1, 0.15) is 0 Å². The van der Waals surface area contributed by atoms with Gasteiger partial charge in [0.15, 0.2) is 0 Å². The number of benzene rings is 1. The van der Waals surface area contributed by atoms with Gasteiger partial charge < -0.3 is 5.32 Å². The third kappa shape index (κ3) is 4.30. The highest BCUT2D eigenvalue weighted by atomic mass is 32.2.